The van der Waals surface area contributed by atoms with Crippen LogP contribution < -0.4 is 24.5 Å². The zero-order valence-electron chi connectivity index (χ0n) is 17.6. The number of hydrogen-bond donors (Lipinski definition) is 0. The van der Waals surface area contributed by atoms with E-state index in [9.17, 15) is 14.4 Å². The van der Waals surface area contributed by atoms with E-state index in [2.05, 4.69) is 0 Å². The van der Waals surface area contributed by atoms with Gasteiger partial charge in [-0.05, 0) is 47.7 Å². The predicted octanol–water partition coefficient (Wildman–Crippen LogP) is 3.09. The molecule has 0 atom stereocenters. The molecule has 0 unspecified atom stereocenters. The third-order valence-corrected chi connectivity index (χ3v) is 5.17. The Balaban J connectivity index is 1.96. The van der Waals surface area contributed by atoms with Gasteiger partial charge in [-0.25, -0.2) is 0 Å². The van der Waals surface area contributed by atoms with Gasteiger partial charge in [-0.2, -0.15) is 0 Å². The van der Waals surface area contributed by atoms with E-state index in [4.69, 9.17) is 18.9 Å². The number of hydrogen-bond acceptors (Lipinski definition) is 7. The predicted molar refractivity (Wildman–Crippen MR) is 113 cm³/mol. The highest BCUT2D eigenvalue weighted by Gasteiger charge is 2.23. The molecule has 0 bridgehead atoms. The molecule has 0 saturated heterocycles. The van der Waals surface area contributed by atoms with Gasteiger partial charge in [0.2, 0.25) is 0 Å². The van der Waals surface area contributed by atoms with E-state index in [-0.39, 0.29) is 17.1 Å². The zero-order chi connectivity index (χ0) is 22.3. The Morgan fingerprint density at radius 2 is 1.45 bits per heavy atom. The fourth-order valence-corrected chi connectivity index (χ4v) is 3.87. The summed E-state index contributed by atoms with van der Waals surface area (Å²) >= 11 is 0. The molecule has 0 radical (unpaired) electrons. The van der Waals surface area contributed by atoms with Crippen molar-refractivity contribution in [1.29, 1.82) is 0 Å². The second-order valence-corrected chi connectivity index (χ2v) is 7.17. The number of methoxy groups -OCH3 is 2. The van der Waals surface area contributed by atoms with E-state index in [1.54, 1.807) is 16.7 Å². The summed E-state index contributed by atoms with van der Waals surface area (Å²) in [5, 5.41) is 1.06. The molecule has 0 saturated carbocycles. The lowest BCUT2D eigenvalue weighted by atomic mass is 9.95. The van der Waals surface area contributed by atoms with E-state index in [1.807, 2.05) is 12.1 Å². The lowest BCUT2D eigenvalue weighted by molar-refractivity contribution is -0.132. The fraction of sp³-hybridized carbons (Fsp3) is 0.261. The van der Waals surface area contributed by atoms with Gasteiger partial charge in [0.1, 0.15) is 0 Å². The number of fused-ring (bicyclic) bond motifs is 4. The molecule has 31 heavy (non-hydrogen) atoms. The normalized spacial score (nSPS) is 12.0. The molecule has 0 aliphatic carbocycles. The highest BCUT2D eigenvalue weighted by molar-refractivity contribution is 5.90. The van der Waals surface area contributed by atoms with Crippen molar-refractivity contribution in [2.75, 3.05) is 14.2 Å². The fourth-order valence-electron chi connectivity index (χ4n) is 3.87. The minimum absolute atomic E-state index is 0.193. The Bertz CT molecular complexity index is 1290. The summed E-state index contributed by atoms with van der Waals surface area (Å²) in [7, 11) is 2.98. The smallest absolute Gasteiger partial charge is 0.308 e. The van der Waals surface area contributed by atoms with Crippen LogP contribution in [0.4, 0.5) is 0 Å². The van der Waals surface area contributed by atoms with Gasteiger partial charge in [0.05, 0.1) is 25.3 Å². The van der Waals surface area contributed by atoms with Crippen LogP contribution in [0.5, 0.6) is 23.0 Å². The molecule has 8 nitrogen and oxygen atoms in total. The van der Waals surface area contributed by atoms with Crippen LogP contribution in [0.2, 0.25) is 0 Å². The molecule has 0 N–H and O–H groups in total. The van der Waals surface area contributed by atoms with Gasteiger partial charge in [0.25, 0.3) is 5.56 Å². The first-order chi connectivity index (χ1) is 14.8. The first-order valence-electron chi connectivity index (χ1n) is 9.66. The van der Waals surface area contributed by atoms with Crippen LogP contribution in [0.25, 0.3) is 22.0 Å². The lowest BCUT2D eigenvalue weighted by Gasteiger charge is -2.24. The van der Waals surface area contributed by atoms with Crippen molar-refractivity contribution in [3.63, 3.8) is 0 Å². The second-order valence-electron chi connectivity index (χ2n) is 7.17. The highest BCUT2D eigenvalue weighted by atomic mass is 16.6. The molecular formula is C23H21NO7. The van der Waals surface area contributed by atoms with Gasteiger partial charge < -0.3 is 23.5 Å². The van der Waals surface area contributed by atoms with E-state index >= 15 is 0 Å². The maximum absolute atomic E-state index is 13.3. The summed E-state index contributed by atoms with van der Waals surface area (Å²) in [6, 6.07) is 8.62. The average molecular weight is 423 g/mol. The van der Waals surface area contributed by atoms with Crippen molar-refractivity contribution >= 4 is 22.7 Å². The summed E-state index contributed by atoms with van der Waals surface area (Å²) in [5.74, 6) is 0.316. The molecule has 0 amide bonds. The van der Waals surface area contributed by atoms with Gasteiger partial charge in [-0.15, -0.1) is 0 Å². The van der Waals surface area contributed by atoms with Crippen LogP contribution in [-0.4, -0.2) is 30.7 Å². The van der Waals surface area contributed by atoms with Crippen molar-refractivity contribution in [2.45, 2.75) is 26.8 Å². The molecule has 1 aromatic heterocycles. The van der Waals surface area contributed by atoms with Crippen LogP contribution in [0, 0.1) is 0 Å². The molecule has 0 spiro atoms. The largest absolute Gasteiger partial charge is 0.493 e. The maximum atomic E-state index is 13.3. The number of pyridine rings is 1. The third-order valence-electron chi connectivity index (χ3n) is 5.17. The molecule has 0 fully saturated rings. The van der Waals surface area contributed by atoms with Gasteiger partial charge in [-0.1, -0.05) is 0 Å². The molecule has 3 aromatic rings. The Kier molecular flexibility index (Phi) is 5.14. The maximum Gasteiger partial charge on any atom is 0.308 e. The van der Waals surface area contributed by atoms with Crippen LogP contribution >= 0.6 is 0 Å². The summed E-state index contributed by atoms with van der Waals surface area (Å²) in [6.45, 7) is 3.08. The summed E-state index contributed by atoms with van der Waals surface area (Å²) in [6.07, 6.45) is 0.609. The molecule has 160 valence electrons. The van der Waals surface area contributed by atoms with Crippen LogP contribution in [0.1, 0.15) is 19.4 Å². The molecule has 8 heteroatoms. The molecule has 2 heterocycles. The van der Waals surface area contributed by atoms with Crippen LogP contribution in [0.3, 0.4) is 0 Å². The lowest BCUT2D eigenvalue weighted by Crippen LogP contribution is -2.26. The second kappa shape index (κ2) is 7.79. The number of rotatable bonds is 4. The molecule has 4 rings (SSSR count). The number of aryl methyl sites for hydroxylation is 1. The topological polar surface area (TPSA) is 93.1 Å². The third kappa shape index (κ3) is 3.61. The van der Waals surface area contributed by atoms with Gasteiger partial charge in [-0.3, -0.25) is 14.4 Å². The Hall–Kier alpha value is -3.81. The van der Waals surface area contributed by atoms with E-state index in [0.29, 0.717) is 40.9 Å². The molecule has 2 aromatic carbocycles. The summed E-state index contributed by atoms with van der Waals surface area (Å²) in [4.78, 5) is 36.2. The monoisotopic (exact) mass is 423 g/mol. The number of carbonyl (C=O) groups is 2. The number of ether oxygens (including phenoxy) is 4. The van der Waals surface area contributed by atoms with Crippen LogP contribution in [0.15, 0.2) is 35.1 Å². The molecular weight excluding hydrogens is 402 g/mol. The summed E-state index contributed by atoms with van der Waals surface area (Å²) < 4.78 is 22.9. The first kappa shape index (κ1) is 20.5. The Morgan fingerprint density at radius 1 is 0.839 bits per heavy atom. The number of nitrogens with zero attached hydrogens (tertiary/aromatic N) is 1. The van der Waals surface area contributed by atoms with Crippen molar-refractivity contribution in [3.05, 3.63) is 46.2 Å². The van der Waals surface area contributed by atoms with Crippen molar-refractivity contribution in [1.82, 2.24) is 4.57 Å². The number of benzene rings is 2. The SMILES string of the molecule is COc1cc2c(cc1OC(C)=O)-c1cc3cc(OC)c(OC(C)=O)cc3c(=O)n1CC2. The number of carbonyl (C=O) groups excluding carboxylic acids is 2. The van der Waals surface area contributed by atoms with Gasteiger partial charge in [0.15, 0.2) is 23.0 Å². The number of aromatic nitrogens is 1. The zero-order valence-corrected chi connectivity index (χ0v) is 17.6. The number of esters is 2. The first-order valence-corrected chi connectivity index (χ1v) is 9.66. The van der Waals surface area contributed by atoms with Gasteiger partial charge >= 0.3 is 11.9 Å². The van der Waals surface area contributed by atoms with E-state index < -0.39 is 11.9 Å². The molecule has 1 aliphatic rings. The van der Waals surface area contributed by atoms with E-state index in [0.717, 1.165) is 11.1 Å². The van der Waals surface area contributed by atoms with Crippen LogP contribution in [-0.2, 0) is 22.6 Å². The van der Waals surface area contributed by atoms with E-state index in [1.165, 1.54) is 34.1 Å². The van der Waals surface area contributed by atoms with Crippen molar-refractivity contribution < 1.29 is 28.5 Å². The Labute approximate surface area is 177 Å². The average Bonchev–Trinajstić information content (AvgIpc) is 2.72. The minimum Gasteiger partial charge on any atom is -0.493 e. The highest BCUT2D eigenvalue weighted by Crippen LogP contribution is 2.40. The molecule has 1 aliphatic heterocycles. The summed E-state index contributed by atoms with van der Waals surface area (Å²) in [5.41, 5.74) is 2.25. The minimum atomic E-state index is -0.503. The van der Waals surface area contributed by atoms with Crippen molar-refractivity contribution in [2.24, 2.45) is 0 Å². The standard InChI is InChI=1S/C23H21NO7/c1-12(25)30-21-10-16-14(8-19(21)28-3)5-6-24-18(16)7-15-9-20(29-4)22(31-13(2)26)11-17(15)23(24)27/h7-11H,5-6H2,1-4H3. The Morgan fingerprint density at radius 3 is 2.06 bits per heavy atom. The van der Waals surface area contributed by atoms with Gasteiger partial charge in [0, 0.05) is 26.0 Å². The quantitative estimate of drug-likeness (QED) is 0.470. The van der Waals surface area contributed by atoms with Crippen molar-refractivity contribution in [3.8, 4) is 34.3 Å².